The summed E-state index contributed by atoms with van der Waals surface area (Å²) < 4.78 is 0. The van der Waals surface area contributed by atoms with Crippen molar-refractivity contribution < 1.29 is 0 Å². The summed E-state index contributed by atoms with van der Waals surface area (Å²) in [6, 6.07) is 4.31. The van der Waals surface area contributed by atoms with Crippen LogP contribution in [0.5, 0.6) is 0 Å². The highest BCUT2D eigenvalue weighted by atomic mass is 14.8. The van der Waals surface area contributed by atoms with Crippen molar-refractivity contribution in [3.8, 4) is 0 Å². The summed E-state index contributed by atoms with van der Waals surface area (Å²) in [4.78, 5) is 4.36. The zero-order valence-corrected chi connectivity index (χ0v) is 10.1. The van der Waals surface area contributed by atoms with Gasteiger partial charge in [0.1, 0.15) is 0 Å². The lowest BCUT2D eigenvalue weighted by atomic mass is 9.94. The maximum absolute atomic E-state index is 4.36. The molecule has 1 aromatic heterocycles. The number of aromatic nitrogens is 1. The van der Waals surface area contributed by atoms with Crippen LogP contribution in [0.2, 0.25) is 0 Å². The molecule has 1 rings (SSSR count). The summed E-state index contributed by atoms with van der Waals surface area (Å²) in [6.45, 7) is 8.58. The quantitative estimate of drug-likeness (QED) is 0.724. The third-order valence-corrected chi connectivity index (χ3v) is 2.82. The van der Waals surface area contributed by atoms with Gasteiger partial charge in [0.25, 0.3) is 0 Å². The third kappa shape index (κ3) is 4.00. The van der Waals surface area contributed by atoms with E-state index < -0.39 is 0 Å². The summed E-state index contributed by atoms with van der Waals surface area (Å²) in [5, 5.41) is 3.37. The summed E-state index contributed by atoms with van der Waals surface area (Å²) in [5.41, 5.74) is 2.47. The van der Waals surface area contributed by atoms with Gasteiger partial charge in [-0.15, -0.1) is 0 Å². The van der Waals surface area contributed by atoms with Crippen LogP contribution in [0.4, 0.5) is 0 Å². The van der Waals surface area contributed by atoms with Gasteiger partial charge in [-0.1, -0.05) is 19.9 Å². The van der Waals surface area contributed by atoms with Crippen LogP contribution in [-0.2, 0) is 0 Å². The molecule has 0 fully saturated rings. The van der Waals surface area contributed by atoms with E-state index in [0.717, 1.165) is 18.8 Å². The first kappa shape index (κ1) is 12.2. The molecule has 0 aromatic carbocycles. The Morgan fingerprint density at radius 2 is 2.13 bits per heavy atom. The number of hydrogen-bond donors (Lipinski definition) is 1. The number of aryl methyl sites for hydroxylation is 1. The minimum atomic E-state index is 0.650. The normalized spacial score (nSPS) is 12.7. The van der Waals surface area contributed by atoms with E-state index in [1.54, 1.807) is 0 Å². The molecule has 0 aliphatic carbocycles. The van der Waals surface area contributed by atoms with Crippen LogP contribution in [0.1, 0.15) is 43.9 Å². The van der Waals surface area contributed by atoms with E-state index in [1.165, 1.54) is 18.4 Å². The molecule has 0 aliphatic heterocycles. The number of hydrogen-bond acceptors (Lipinski definition) is 2. The lowest BCUT2D eigenvalue weighted by Gasteiger charge is -2.15. The lowest BCUT2D eigenvalue weighted by Crippen LogP contribution is -2.16. The fourth-order valence-corrected chi connectivity index (χ4v) is 1.78. The molecule has 1 atom stereocenters. The summed E-state index contributed by atoms with van der Waals surface area (Å²) >= 11 is 0. The molecule has 1 unspecified atom stereocenters. The first-order valence-corrected chi connectivity index (χ1v) is 5.91. The molecule has 84 valence electrons. The van der Waals surface area contributed by atoms with Gasteiger partial charge in [-0.2, -0.15) is 0 Å². The number of nitrogens with one attached hydrogen (secondary N) is 1. The molecule has 1 aromatic rings. The van der Waals surface area contributed by atoms with Crippen molar-refractivity contribution in [3.05, 3.63) is 29.6 Å². The molecule has 2 heteroatoms. The van der Waals surface area contributed by atoms with Gasteiger partial charge in [0, 0.05) is 11.9 Å². The third-order valence-electron chi connectivity index (χ3n) is 2.82. The minimum Gasteiger partial charge on any atom is -0.317 e. The Morgan fingerprint density at radius 3 is 2.67 bits per heavy atom. The molecule has 0 spiro atoms. The van der Waals surface area contributed by atoms with E-state index in [2.05, 4.69) is 36.3 Å². The summed E-state index contributed by atoms with van der Waals surface area (Å²) in [7, 11) is 0. The summed E-state index contributed by atoms with van der Waals surface area (Å²) in [6.07, 6.45) is 4.42. The first-order chi connectivity index (χ1) is 7.27. The van der Waals surface area contributed by atoms with E-state index in [1.807, 2.05) is 13.1 Å². The van der Waals surface area contributed by atoms with Crippen LogP contribution in [0.15, 0.2) is 18.3 Å². The SMILES string of the molecule is CCNCCC(CC)c1ccc(C)nc1. The van der Waals surface area contributed by atoms with E-state index in [4.69, 9.17) is 0 Å². The molecule has 0 amide bonds. The van der Waals surface area contributed by atoms with Crippen LogP contribution >= 0.6 is 0 Å². The highest BCUT2D eigenvalue weighted by Crippen LogP contribution is 2.21. The van der Waals surface area contributed by atoms with E-state index in [-0.39, 0.29) is 0 Å². The van der Waals surface area contributed by atoms with Crippen LogP contribution in [-0.4, -0.2) is 18.1 Å². The van der Waals surface area contributed by atoms with Crippen molar-refractivity contribution >= 4 is 0 Å². The van der Waals surface area contributed by atoms with Crippen LogP contribution in [0.3, 0.4) is 0 Å². The Bertz CT molecular complexity index is 266. The smallest absolute Gasteiger partial charge is 0.0372 e. The Morgan fingerprint density at radius 1 is 1.33 bits per heavy atom. The highest BCUT2D eigenvalue weighted by Gasteiger charge is 2.08. The zero-order chi connectivity index (χ0) is 11.1. The average molecular weight is 206 g/mol. The number of nitrogens with zero attached hydrogens (tertiary/aromatic N) is 1. The van der Waals surface area contributed by atoms with Crippen LogP contribution in [0.25, 0.3) is 0 Å². The Balaban J connectivity index is 2.53. The standard InChI is InChI=1S/C13H22N2/c1-4-12(8-9-14-5-2)13-7-6-11(3)15-10-13/h6-7,10,12,14H,4-5,8-9H2,1-3H3. The van der Waals surface area contributed by atoms with E-state index >= 15 is 0 Å². The van der Waals surface area contributed by atoms with Crippen molar-refractivity contribution in [1.29, 1.82) is 0 Å². The largest absolute Gasteiger partial charge is 0.317 e. The van der Waals surface area contributed by atoms with Gasteiger partial charge in [-0.05, 0) is 50.4 Å². The van der Waals surface area contributed by atoms with Crippen molar-refractivity contribution in [2.45, 2.75) is 39.5 Å². The maximum atomic E-state index is 4.36. The molecule has 1 heterocycles. The Hall–Kier alpha value is -0.890. The average Bonchev–Trinajstić information content (AvgIpc) is 2.26. The van der Waals surface area contributed by atoms with Crippen molar-refractivity contribution in [1.82, 2.24) is 10.3 Å². The lowest BCUT2D eigenvalue weighted by molar-refractivity contribution is 0.563. The van der Waals surface area contributed by atoms with Gasteiger partial charge in [0.05, 0.1) is 0 Å². The number of pyridine rings is 1. The molecular weight excluding hydrogens is 184 g/mol. The summed E-state index contributed by atoms with van der Waals surface area (Å²) in [5.74, 6) is 0.650. The topological polar surface area (TPSA) is 24.9 Å². The van der Waals surface area contributed by atoms with E-state index in [0.29, 0.717) is 5.92 Å². The predicted molar refractivity (Wildman–Crippen MR) is 65.2 cm³/mol. The van der Waals surface area contributed by atoms with Gasteiger partial charge in [-0.3, -0.25) is 4.98 Å². The van der Waals surface area contributed by atoms with Crippen molar-refractivity contribution in [2.24, 2.45) is 0 Å². The van der Waals surface area contributed by atoms with Gasteiger partial charge in [0.15, 0.2) is 0 Å². The first-order valence-electron chi connectivity index (χ1n) is 5.91. The molecule has 15 heavy (non-hydrogen) atoms. The minimum absolute atomic E-state index is 0.650. The second-order valence-corrected chi connectivity index (χ2v) is 3.98. The number of rotatable bonds is 6. The van der Waals surface area contributed by atoms with Gasteiger partial charge >= 0.3 is 0 Å². The molecular formula is C13H22N2. The monoisotopic (exact) mass is 206 g/mol. The highest BCUT2D eigenvalue weighted by molar-refractivity contribution is 5.17. The van der Waals surface area contributed by atoms with Crippen molar-refractivity contribution in [3.63, 3.8) is 0 Å². The zero-order valence-electron chi connectivity index (χ0n) is 10.1. The molecule has 0 aliphatic rings. The second kappa shape index (κ2) is 6.57. The fourth-order valence-electron chi connectivity index (χ4n) is 1.78. The van der Waals surface area contributed by atoms with Crippen LogP contribution in [0, 0.1) is 6.92 Å². The second-order valence-electron chi connectivity index (χ2n) is 3.98. The maximum Gasteiger partial charge on any atom is 0.0372 e. The van der Waals surface area contributed by atoms with Gasteiger partial charge in [-0.25, -0.2) is 0 Å². The van der Waals surface area contributed by atoms with Gasteiger partial charge < -0.3 is 5.32 Å². The van der Waals surface area contributed by atoms with Crippen molar-refractivity contribution in [2.75, 3.05) is 13.1 Å². The molecule has 1 N–H and O–H groups in total. The van der Waals surface area contributed by atoms with E-state index in [9.17, 15) is 0 Å². The molecule has 2 nitrogen and oxygen atoms in total. The molecule has 0 saturated heterocycles. The van der Waals surface area contributed by atoms with Crippen LogP contribution < -0.4 is 5.32 Å². The predicted octanol–water partition coefficient (Wildman–Crippen LogP) is 2.88. The Kier molecular flexibility index (Phi) is 5.33. The van der Waals surface area contributed by atoms with Gasteiger partial charge in [0.2, 0.25) is 0 Å². The molecule has 0 bridgehead atoms. The Labute approximate surface area is 93.1 Å². The molecule has 0 radical (unpaired) electrons. The molecule has 0 saturated carbocycles. The fraction of sp³-hybridized carbons (Fsp3) is 0.615.